The maximum absolute atomic E-state index is 13.5. The van der Waals surface area contributed by atoms with Crippen molar-refractivity contribution in [2.75, 3.05) is 0 Å². The molecule has 2 aliphatic carbocycles. The van der Waals surface area contributed by atoms with Crippen LogP contribution < -0.4 is 0 Å². The molecule has 4 heteroatoms. The van der Waals surface area contributed by atoms with Gasteiger partial charge in [-0.2, -0.15) is 0 Å². The minimum Gasteiger partial charge on any atom is -0.300 e. The van der Waals surface area contributed by atoms with Gasteiger partial charge in [0.2, 0.25) is 0 Å². The number of benzene rings is 1. The summed E-state index contributed by atoms with van der Waals surface area (Å²) in [6.45, 7) is 7.65. The van der Waals surface area contributed by atoms with Gasteiger partial charge < -0.3 is 0 Å². The predicted molar refractivity (Wildman–Crippen MR) is 154 cm³/mol. The number of Topliss-reactive ketones (excluding diaryl/α,β-unsaturated/α-hetero) is 3. The van der Waals surface area contributed by atoms with Gasteiger partial charge in [-0.1, -0.05) is 75.3 Å². The first-order chi connectivity index (χ1) is 18.3. The van der Waals surface area contributed by atoms with E-state index in [1.54, 1.807) is 0 Å². The van der Waals surface area contributed by atoms with Crippen LogP contribution in [0.25, 0.3) is 5.57 Å². The molecule has 0 spiro atoms. The number of aryl methyl sites for hydroxylation is 1. The fourth-order valence-electron chi connectivity index (χ4n) is 6.23. The van der Waals surface area contributed by atoms with Crippen molar-refractivity contribution in [3.8, 4) is 0 Å². The zero-order valence-corrected chi connectivity index (χ0v) is 23.4. The van der Waals surface area contributed by atoms with Crippen molar-refractivity contribution >= 4 is 29.2 Å². The monoisotopic (exact) mass is 514 g/mol. The van der Waals surface area contributed by atoms with Gasteiger partial charge in [0.15, 0.2) is 5.78 Å². The molecule has 0 aliphatic heterocycles. The van der Waals surface area contributed by atoms with Gasteiger partial charge in [-0.25, -0.2) is 0 Å². The van der Waals surface area contributed by atoms with Crippen molar-refractivity contribution in [3.05, 3.63) is 76.4 Å². The van der Waals surface area contributed by atoms with Crippen LogP contribution in [-0.2, 0) is 20.8 Å². The SMILES string of the molecule is CCCC(CC1CC(=O)c2c(C)ccc(C3=CC=C(C=O)CC=CC=CC3)c2C1)C(CC)C(=O)CC(C)=O. The van der Waals surface area contributed by atoms with Crippen LogP contribution >= 0.6 is 0 Å². The third-order valence-corrected chi connectivity index (χ3v) is 7.98. The van der Waals surface area contributed by atoms with Crippen LogP contribution in [0.3, 0.4) is 0 Å². The molecule has 1 aromatic carbocycles. The zero-order chi connectivity index (χ0) is 27.7. The number of hydrogen-bond acceptors (Lipinski definition) is 4. The van der Waals surface area contributed by atoms with Crippen molar-refractivity contribution in [2.45, 2.75) is 85.5 Å². The highest BCUT2D eigenvalue weighted by Gasteiger charge is 2.34. The smallest absolute Gasteiger partial charge is 0.163 e. The summed E-state index contributed by atoms with van der Waals surface area (Å²) in [6.07, 6.45) is 18.9. The normalized spacial score (nSPS) is 19.2. The summed E-state index contributed by atoms with van der Waals surface area (Å²) in [5.41, 5.74) is 5.82. The summed E-state index contributed by atoms with van der Waals surface area (Å²) in [5.74, 6) is 0.329. The number of carbonyl (C=O) groups excluding carboxylic acids is 4. The molecule has 202 valence electrons. The first kappa shape index (κ1) is 29.4. The molecule has 0 saturated heterocycles. The summed E-state index contributed by atoms with van der Waals surface area (Å²) in [6, 6.07) is 4.15. The van der Waals surface area contributed by atoms with Crippen molar-refractivity contribution in [1.82, 2.24) is 0 Å². The van der Waals surface area contributed by atoms with Gasteiger partial charge in [-0.15, -0.1) is 0 Å². The van der Waals surface area contributed by atoms with E-state index in [2.05, 4.69) is 19.1 Å². The van der Waals surface area contributed by atoms with Crippen LogP contribution in [0.5, 0.6) is 0 Å². The Labute approximate surface area is 228 Å². The molecule has 38 heavy (non-hydrogen) atoms. The Morgan fingerprint density at radius 3 is 2.45 bits per heavy atom. The van der Waals surface area contributed by atoms with Crippen LogP contribution in [0.15, 0.2) is 54.2 Å². The number of aldehydes is 1. The van der Waals surface area contributed by atoms with E-state index in [0.717, 1.165) is 66.2 Å². The summed E-state index contributed by atoms with van der Waals surface area (Å²) in [4.78, 5) is 49.7. The molecule has 1 aromatic rings. The number of hydrogen-bond donors (Lipinski definition) is 0. The molecule has 3 rings (SSSR count). The molecule has 0 bridgehead atoms. The molecule has 0 amide bonds. The molecule has 2 aliphatic rings. The Balaban J connectivity index is 1.97. The number of fused-ring (bicyclic) bond motifs is 1. The largest absolute Gasteiger partial charge is 0.300 e. The maximum Gasteiger partial charge on any atom is 0.163 e. The number of carbonyl (C=O) groups is 4. The first-order valence-electron chi connectivity index (χ1n) is 14.1. The van der Waals surface area contributed by atoms with E-state index in [1.807, 2.05) is 50.3 Å². The van der Waals surface area contributed by atoms with Crippen LogP contribution in [0, 0.1) is 24.7 Å². The molecule has 3 unspecified atom stereocenters. The zero-order valence-electron chi connectivity index (χ0n) is 23.4. The Morgan fingerprint density at radius 1 is 1.05 bits per heavy atom. The van der Waals surface area contributed by atoms with Crippen LogP contribution in [0.1, 0.15) is 99.2 Å². The molecule has 0 aromatic heterocycles. The first-order valence-corrected chi connectivity index (χ1v) is 14.1. The molecular weight excluding hydrogens is 472 g/mol. The minimum atomic E-state index is -0.140. The Kier molecular flexibility index (Phi) is 10.9. The van der Waals surface area contributed by atoms with Gasteiger partial charge in [0, 0.05) is 17.9 Å². The highest BCUT2D eigenvalue weighted by atomic mass is 16.1. The van der Waals surface area contributed by atoms with Gasteiger partial charge in [-0.05, 0) is 85.6 Å². The Bertz CT molecular complexity index is 1180. The molecule has 0 N–H and O–H groups in total. The lowest BCUT2D eigenvalue weighted by Crippen LogP contribution is -2.30. The number of rotatable bonds is 11. The van der Waals surface area contributed by atoms with Crippen molar-refractivity contribution in [2.24, 2.45) is 17.8 Å². The van der Waals surface area contributed by atoms with E-state index in [0.29, 0.717) is 24.8 Å². The van der Waals surface area contributed by atoms with Crippen LogP contribution in [0.2, 0.25) is 0 Å². The third kappa shape index (κ3) is 7.46. The predicted octanol–water partition coefficient (Wildman–Crippen LogP) is 7.54. The van der Waals surface area contributed by atoms with Crippen LogP contribution in [0.4, 0.5) is 0 Å². The minimum absolute atomic E-state index is 0.00164. The Hall–Kier alpha value is -3.14. The van der Waals surface area contributed by atoms with Crippen molar-refractivity contribution in [3.63, 3.8) is 0 Å². The molecule has 0 heterocycles. The van der Waals surface area contributed by atoms with E-state index < -0.39 is 0 Å². The molecule has 0 fully saturated rings. The second-order valence-electron chi connectivity index (χ2n) is 10.9. The molecule has 0 saturated carbocycles. The summed E-state index contributed by atoms with van der Waals surface area (Å²) < 4.78 is 0. The van der Waals surface area contributed by atoms with Crippen molar-refractivity contribution in [1.29, 1.82) is 0 Å². The standard InChI is InChI=1S/C34H42O4/c1-5-11-28(29(6-2)32(37)18-24(4)36)19-26-20-31-30(17-14-23(3)34(31)33(38)21-26)27-13-10-8-7-9-12-25(22-35)15-16-27/h7-10,14-17,22,26,28-29H,5-6,11-13,18-21H2,1-4H3. The van der Waals surface area contributed by atoms with Gasteiger partial charge >= 0.3 is 0 Å². The average Bonchev–Trinajstić information content (AvgIpc) is 2.87. The lowest BCUT2D eigenvalue weighted by atomic mass is 9.71. The molecule has 4 nitrogen and oxygen atoms in total. The quantitative estimate of drug-likeness (QED) is 0.226. The third-order valence-electron chi connectivity index (χ3n) is 7.98. The number of allylic oxidation sites excluding steroid dienone is 8. The second-order valence-corrected chi connectivity index (χ2v) is 10.9. The lowest BCUT2D eigenvalue weighted by molar-refractivity contribution is -0.130. The van der Waals surface area contributed by atoms with Gasteiger partial charge in [-0.3, -0.25) is 19.2 Å². The maximum atomic E-state index is 13.5. The van der Waals surface area contributed by atoms with Crippen molar-refractivity contribution < 1.29 is 19.2 Å². The fraction of sp³-hybridized carbons (Fsp3) is 0.471. The van der Waals surface area contributed by atoms with E-state index in [4.69, 9.17) is 0 Å². The van der Waals surface area contributed by atoms with Crippen LogP contribution in [-0.4, -0.2) is 23.6 Å². The number of ketones is 3. The highest BCUT2D eigenvalue weighted by molar-refractivity contribution is 6.01. The highest BCUT2D eigenvalue weighted by Crippen LogP contribution is 2.39. The van der Waals surface area contributed by atoms with E-state index in [9.17, 15) is 19.2 Å². The second kappa shape index (κ2) is 14.1. The van der Waals surface area contributed by atoms with E-state index in [1.165, 1.54) is 6.92 Å². The lowest BCUT2D eigenvalue weighted by Gasteiger charge is -2.32. The van der Waals surface area contributed by atoms with Gasteiger partial charge in [0.25, 0.3) is 0 Å². The molecular formula is C34H42O4. The van der Waals surface area contributed by atoms with E-state index in [-0.39, 0.29) is 41.5 Å². The van der Waals surface area contributed by atoms with Gasteiger partial charge in [0.05, 0.1) is 6.42 Å². The summed E-state index contributed by atoms with van der Waals surface area (Å²) in [7, 11) is 0. The fourth-order valence-corrected chi connectivity index (χ4v) is 6.23. The summed E-state index contributed by atoms with van der Waals surface area (Å²) >= 11 is 0. The van der Waals surface area contributed by atoms with E-state index >= 15 is 0 Å². The molecule has 3 atom stereocenters. The Morgan fingerprint density at radius 2 is 1.79 bits per heavy atom. The summed E-state index contributed by atoms with van der Waals surface area (Å²) in [5, 5.41) is 0. The topological polar surface area (TPSA) is 68.3 Å². The van der Waals surface area contributed by atoms with Gasteiger partial charge in [0.1, 0.15) is 17.9 Å². The average molecular weight is 515 g/mol. The molecule has 0 radical (unpaired) electrons.